The standard InChI is InChI=1S/C12H20N4O/c1-7(2)12-15-10(13)5-11(16-12)14-6-9(17)8-3-4-8/h5,7-9,17H,3-4,6H2,1-2H3,(H3,13,14,15,16). The molecule has 1 atom stereocenters. The van der Waals surface area contributed by atoms with Crippen molar-refractivity contribution in [1.29, 1.82) is 0 Å². The van der Waals surface area contributed by atoms with Gasteiger partial charge in [-0.25, -0.2) is 9.97 Å². The van der Waals surface area contributed by atoms with E-state index < -0.39 is 0 Å². The number of nitrogen functional groups attached to an aromatic ring is 1. The molecule has 5 heteroatoms. The first-order chi connectivity index (χ1) is 8.06. The molecule has 1 fully saturated rings. The number of aromatic nitrogens is 2. The van der Waals surface area contributed by atoms with E-state index in [1.165, 1.54) is 0 Å². The summed E-state index contributed by atoms with van der Waals surface area (Å²) in [6, 6.07) is 1.70. The SMILES string of the molecule is CC(C)c1nc(N)cc(NCC(O)C2CC2)n1. The van der Waals surface area contributed by atoms with Crippen molar-refractivity contribution in [3.63, 3.8) is 0 Å². The van der Waals surface area contributed by atoms with E-state index in [1.54, 1.807) is 6.07 Å². The minimum absolute atomic E-state index is 0.243. The molecule has 2 rings (SSSR count). The topological polar surface area (TPSA) is 84.1 Å². The van der Waals surface area contributed by atoms with Gasteiger partial charge in [0.2, 0.25) is 0 Å². The lowest BCUT2D eigenvalue weighted by molar-refractivity contribution is 0.164. The van der Waals surface area contributed by atoms with E-state index in [0.29, 0.717) is 24.1 Å². The Kier molecular flexibility index (Phi) is 3.47. The van der Waals surface area contributed by atoms with E-state index in [0.717, 1.165) is 18.7 Å². The van der Waals surface area contributed by atoms with Gasteiger partial charge in [-0.3, -0.25) is 0 Å². The lowest BCUT2D eigenvalue weighted by Crippen LogP contribution is -2.22. The third kappa shape index (κ3) is 3.30. The first kappa shape index (κ1) is 12.1. The molecule has 0 radical (unpaired) electrons. The second kappa shape index (κ2) is 4.87. The van der Waals surface area contributed by atoms with Crippen molar-refractivity contribution in [1.82, 2.24) is 9.97 Å². The number of aliphatic hydroxyl groups is 1. The van der Waals surface area contributed by atoms with Crippen LogP contribution in [0.4, 0.5) is 11.6 Å². The molecule has 4 N–H and O–H groups in total. The van der Waals surface area contributed by atoms with Gasteiger partial charge in [0.1, 0.15) is 17.5 Å². The minimum atomic E-state index is -0.284. The fraction of sp³-hybridized carbons (Fsp3) is 0.667. The van der Waals surface area contributed by atoms with E-state index in [4.69, 9.17) is 5.73 Å². The highest BCUT2D eigenvalue weighted by molar-refractivity contribution is 5.45. The molecular formula is C12H20N4O. The van der Waals surface area contributed by atoms with Crippen molar-refractivity contribution in [2.24, 2.45) is 5.92 Å². The highest BCUT2D eigenvalue weighted by Crippen LogP contribution is 2.32. The Balaban J connectivity index is 1.99. The van der Waals surface area contributed by atoms with Crippen LogP contribution in [0.25, 0.3) is 0 Å². The fourth-order valence-corrected chi connectivity index (χ4v) is 1.69. The molecule has 5 nitrogen and oxygen atoms in total. The van der Waals surface area contributed by atoms with Gasteiger partial charge >= 0.3 is 0 Å². The van der Waals surface area contributed by atoms with Crippen LogP contribution in [0.15, 0.2) is 6.07 Å². The van der Waals surface area contributed by atoms with Crippen molar-refractivity contribution in [3.05, 3.63) is 11.9 Å². The molecule has 1 aliphatic rings. The second-order valence-corrected chi connectivity index (χ2v) is 4.98. The first-order valence-corrected chi connectivity index (χ1v) is 6.12. The predicted octanol–water partition coefficient (Wildman–Crippen LogP) is 1.36. The van der Waals surface area contributed by atoms with Gasteiger partial charge in [-0.05, 0) is 18.8 Å². The molecule has 0 amide bonds. The zero-order chi connectivity index (χ0) is 12.4. The Morgan fingerprint density at radius 1 is 1.47 bits per heavy atom. The Bertz CT molecular complexity index is 390. The molecule has 0 spiro atoms. The van der Waals surface area contributed by atoms with E-state index >= 15 is 0 Å². The molecule has 0 saturated heterocycles. The number of anilines is 2. The summed E-state index contributed by atoms with van der Waals surface area (Å²) in [6.45, 7) is 4.58. The lowest BCUT2D eigenvalue weighted by Gasteiger charge is -2.13. The quantitative estimate of drug-likeness (QED) is 0.719. The Labute approximate surface area is 101 Å². The zero-order valence-corrected chi connectivity index (χ0v) is 10.3. The summed E-state index contributed by atoms with van der Waals surface area (Å²) in [4.78, 5) is 8.54. The number of aliphatic hydroxyl groups excluding tert-OH is 1. The van der Waals surface area contributed by atoms with Crippen molar-refractivity contribution < 1.29 is 5.11 Å². The minimum Gasteiger partial charge on any atom is -0.391 e. The third-order valence-electron chi connectivity index (χ3n) is 2.94. The molecule has 94 valence electrons. The van der Waals surface area contributed by atoms with Crippen LogP contribution in [-0.4, -0.2) is 27.7 Å². The average Bonchev–Trinajstić information content (AvgIpc) is 3.08. The van der Waals surface area contributed by atoms with Gasteiger partial charge in [0.25, 0.3) is 0 Å². The normalized spacial score (nSPS) is 17.2. The molecular weight excluding hydrogens is 216 g/mol. The number of hydrogen-bond acceptors (Lipinski definition) is 5. The Hall–Kier alpha value is -1.36. The summed E-state index contributed by atoms with van der Waals surface area (Å²) in [6.07, 6.45) is 1.98. The van der Waals surface area contributed by atoms with E-state index in [9.17, 15) is 5.11 Å². The van der Waals surface area contributed by atoms with Gasteiger partial charge in [-0.2, -0.15) is 0 Å². The van der Waals surface area contributed by atoms with Crippen LogP contribution in [0.3, 0.4) is 0 Å². The molecule has 17 heavy (non-hydrogen) atoms. The number of hydrogen-bond donors (Lipinski definition) is 3. The average molecular weight is 236 g/mol. The van der Waals surface area contributed by atoms with Crippen molar-refractivity contribution >= 4 is 11.6 Å². The molecule has 1 aromatic heterocycles. The van der Waals surface area contributed by atoms with E-state index in [2.05, 4.69) is 15.3 Å². The first-order valence-electron chi connectivity index (χ1n) is 6.12. The van der Waals surface area contributed by atoms with Gasteiger partial charge in [0.15, 0.2) is 0 Å². The maximum absolute atomic E-state index is 9.76. The second-order valence-electron chi connectivity index (χ2n) is 4.98. The van der Waals surface area contributed by atoms with Gasteiger partial charge in [-0.1, -0.05) is 13.8 Å². The highest BCUT2D eigenvalue weighted by Gasteiger charge is 2.29. The maximum atomic E-state index is 9.76. The Morgan fingerprint density at radius 3 is 2.76 bits per heavy atom. The fourth-order valence-electron chi connectivity index (χ4n) is 1.69. The third-order valence-corrected chi connectivity index (χ3v) is 2.94. The van der Waals surface area contributed by atoms with Gasteiger partial charge in [0, 0.05) is 18.5 Å². The molecule has 0 aromatic carbocycles. The monoisotopic (exact) mass is 236 g/mol. The zero-order valence-electron chi connectivity index (χ0n) is 10.3. The molecule has 1 saturated carbocycles. The van der Waals surface area contributed by atoms with Gasteiger partial charge < -0.3 is 16.2 Å². The van der Waals surface area contributed by atoms with Crippen LogP contribution < -0.4 is 11.1 Å². The van der Waals surface area contributed by atoms with Crippen LogP contribution in [0.2, 0.25) is 0 Å². The summed E-state index contributed by atoms with van der Waals surface area (Å²) >= 11 is 0. The van der Waals surface area contributed by atoms with Crippen molar-refractivity contribution in [3.8, 4) is 0 Å². The van der Waals surface area contributed by atoms with Crippen LogP contribution in [0.1, 0.15) is 38.4 Å². The van der Waals surface area contributed by atoms with Crippen LogP contribution >= 0.6 is 0 Å². The molecule has 1 aliphatic carbocycles. The largest absolute Gasteiger partial charge is 0.391 e. The summed E-state index contributed by atoms with van der Waals surface area (Å²) < 4.78 is 0. The summed E-state index contributed by atoms with van der Waals surface area (Å²) in [5.74, 6) is 2.60. The summed E-state index contributed by atoms with van der Waals surface area (Å²) in [5, 5.41) is 12.9. The predicted molar refractivity (Wildman–Crippen MR) is 67.8 cm³/mol. The number of nitrogens with zero attached hydrogens (tertiary/aromatic N) is 2. The Morgan fingerprint density at radius 2 is 2.18 bits per heavy atom. The highest BCUT2D eigenvalue weighted by atomic mass is 16.3. The molecule has 0 aliphatic heterocycles. The summed E-state index contributed by atoms with van der Waals surface area (Å²) in [7, 11) is 0. The summed E-state index contributed by atoms with van der Waals surface area (Å²) in [5.41, 5.74) is 5.72. The maximum Gasteiger partial charge on any atom is 0.135 e. The van der Waals surface area contributed by atoms with Crippen LogP contribution in [0, 0.1) is 5.92 Å². The molecule has 1 heterocycles. The number of nitrogens with one attached hydrogen (secondary N) is 1. The van der Waals surface area contributed by atoms with Crippen molar-refractivity contribution in [2.75, 3.05) is 17.6 Å². The van der Waals surface area contributed by atoms with Gasteiger partial charge in [-0.15, -0.1) is 0 Å². The number of rotatable bonds is 5. The van der Waals surface area contributed by atoms with E-state index in [1.807, 2.05) is 13.8 Å². The molecule has 1 aromatic rings. The van der Waals surface area contributed by atoms with Crippen LogP contribution in [0.5, 0.6) is 0 Å². The van der Waals surface area contributed by atoms with Crippen LogP contribution in [-0.2, 0) is 0 Å². The lowest BCUT2D eigenvalue weighted by atomic mass is 10.2. The molecule has 1 unspecified atom stereocenters. The molecule has 0 bridgehead atoms. The van der Waals surface area contributed by atoms with Crippen molar-refractivity contribution in [2.45, 2.75) is 38.7 Å². The number of nitrogens with two attached hydrogens (primary N) is 1. The smallest absolute Gasteiger partial charge is 0.135 e. The van der Waals surface area contributed by atoms with E-state index in [-0.39, 0.29) is 12.0 Å². The van der Waals surface area contributed by atoms with Gasteiger partial charge in [0.05, 0.1) is 6.10 Å².